The smallest absolute Gasteiger partial charge is 0.308 e. The maximum absolute atomic E-state index is 12.7. The highest BCUT2D eigenvalue weighted by Gasteiger charge is 2.33. The maximum Gasteiger partial charge on any atom is 0.433 e. The Kier molecular flexibility index (Phi) is 4.51. The Hall–Kier alpha value is -2.42. The van der Waals surface area contributed by atoms with Crippen LogP contribution in [0.4, 0.5) is 18.9 Å². The third-order valence-electron chi connectivity index (χ3n) is 4.14. The number of benzene rings is 1. The summed E-state index contributed by atoms with van der Waals surface area (Å²) in [4.78, 5) is 17.6. The number of aryl methyl sites for hydroxylation is 1. The second-order valence-electron chi connectivity index (χ2n) is 6.05. The number of carbonyl (C=O) groups excluding carboxylic acids is 1. The van der Waals surface area contributed by atoms with E-state index in [2.05, 4.69) is 4.98 Å². The predicted octanol–water partition coefficient (Wildman–Crippen LogP) is 3.10. The molecule has 5 nitrogen and oxygen atoms in total. The number of fused-ring (bicyclic) bond motifs is 1. The Bertz CT molecular complexity index is 954. The first-order valence-electron chi connectivity index (χ1n) is 7.75. The maximum atomic E-state index is 12.7. The van der Waals surface area contributed by atoms with Crippen molar-refractivity contribution >= 4 is 21.4 Å². The molecule has 138 valence electrons. The molecule has 0 saturated heterocycles. The molecule has 0 saturated carbocycles. The molecule has 26 heavy (non-hydrogen) atoms. The lowest BCUT2D eigenvalue weighted by Crippen LogP contribution is -2.35. The highest BCUT2D eigenvalue weighted by atomic mass is 32.2. The van der Waals surface area contributed by atoms with Gasteiger partial charge in [-0.3, -0.25) is 9.78 Å². The summed E-state index contributed by atoms with van der Waals surface area (Å²) in [5.74, 6) is -0.473. The number of nitrogens with zero attached hydrogens (tertiary/aromatic N) is 2. The standard InChI is InChI=1S/C17H15F3N2O3S/c1-26(24,25)13-5-6-14-11(9-13)3-2-8-22(14)16(23)12-4-7-15(21-10-12)17(18,19)20/h4-7,9-10H,2-3,8H2,1H3. The molecule has 2 aromatic rings. The van der Waals surface area contributed by atoms with Gasteiger partial charge >= 0.3 is 6.18 Å². The molecule has 1 aromatic carbocycles. The molecule has 0 spiro atoms. The van der Waals surface area contributed by atoms with E-state index >= 15 is 0 Å². The van der Waals surface area contributed by atoms with Crippen molar-refractivity contribution in [1.82, 2.24) is 4.98 Å². The van der Waals surface area contributed by atoms with E-state index in [0.717, 1.165) is 24.6 Å². The number of pyridine rings is 1. The Balaban J connectivity index is 1.93. The van der Waals surface area contributed by atoms with E-state index in [1.807, 2.05) is 0 Å². The minimum Gasteiger partial charge on any atom is -0.308 e. The normalized spacial score (nSPS) is 14.8. The third kappa shape index (κ3) is 3.57. The number of aromatic nitrogens is 1. The number of hydrogen-bond acceptors (Lipinski definition) is 4. The summed E-state index contributed by atoms with van der Waals surface area (Å²) in [6.07, 6.45) is -1.31. The summed E-state index contributed by atoms with van der Waals surface area (Å²) in [6, 6.07) is 6.38. The van der Waals surface area contributed by atoms with Crippen LogP contribution in [0.5, 0.6) is 0 Å². The van der Waals surface area contributed by atoms with Gasteiger partial charge in [-0.15, -0.1) is 0 Å². The Morgan fingerprint density at radius 1 is 1.19 bits per heavy atom. The largest absolute Gasteiger partial charge is 0.433 e. The summed E-state index contributed by atoms with van der Waals surface area (Å²) >= 11 is 0. The predicted molar refractivity (Wildman–Crippen MR) is 88.8 cm³/mol. The fraction of sp³-hybridized carbons (Fsp3) is 0.294. The second-order valence-corrected chi connectivity index (χ2v) is 8.07. The monoisotopic (exact) mass is 384 g/mol. The average molecular weight is 384 g/mol. The van der Waals surface area contributed by atoms with Gasteiger partial charge in [-0.1, -0.05) is 0 Å². The molecule has 1 aliphatic rings. The van der Waals surface area contributed by atoms with E-state index in [0.29, 0.717) is 30.6 Å². The topological polar surface area (TPSA) is 67.3 Å². The fourth-order valence-corrected chi connectivity index (χ4v) is 3.53. The zero-order valence-corrected chi connectivity index (χ0v) is 14.6. The van der Waals surface area contributed by atoms with Gasteiger partial charge in [0.25, 0.3) is 5.91 Å². The summed E-state index contributed by atoms with van der Waals surface area (Å²) in [6.45, 7) is 0.394. The van der Waals surface area contributed by atoms with Gasteiger partial charge in [0.1, 0.15) is 5.69 Å². The summed E-state index contributed by atoms with van der Waals surface area (Å²) < 4.78 is 61.2. The third-order valence-corrected chi connectivity index (χ3v) is 5.25. The molecular weight excluding hydrogens is 369 g/mol. The van der Waals surface area contributed by atoms with E-state index in [9.17, 15) is 26.4 Å². The first-order chi connectivity index (χ1) is 12.1. The number of anilines is 1. The summed E-state index contributed by atoms with van der Waals surface area (Å²) in [5.41, 5.74) is 0.255. The van der Waals surface area contributed by atoms with Crippen LogP contribution in [0.15, 0.2) is 41.4 Å². The van der Waals surface area contributed by atoms with Crippen LogP contribution in [0.3, 0.4) is 0 Å². The molecule has 3 rings (SSSR count). The van der Waals surface area contributed by atoms with Crippen LogP contribution in [-0.4, -0.2) is 32.1 Å². The molecular formula is C17H15F3N2O3S. The van der Waals surface area contributed by atoms with Crippen molar-refractivity contribution in [2.75, 3.05) is 17.7 Å². The van der Waals surface area contributed by atoms with E-state index in [-0.39, 0.29) is 10.5 Å². The molecule has 0 aliphatic carbocycles. The van der Waals surface area contributed by atoms with E-state index in [1.165, 1.54) is 17.0 Å². The number of rotatable bonds is 2. The number of halogens is 3. The van der Waals surface area contributed by atoms with Crippen LogP contribution < -0.4 is 4.90 Å². The van der Waals surface area contributed by atoms with Crippen molar-refractivity contribution in [3.63, 3.8) is 0 Å². The Morgan fingerprint density at radius 2 is 1.92 bits per heavy atom. The second kappa shape index (κ2) is 6.39. The Labute approximate surface area is 148 Å². The molecule has 0 unspecified atom stereocenters. The average Bonchev–Trinajstić information content (AvgIpc) is 2.58. The van der Waals surface area contributed by atoms with Gasteiger partial charge in [-0.25, -0.2) is 8.42 Å². The van der Waals surface area contributed by atoms with Gasteiger partial charge in [-0.2, -0.15) is 13.2 Å². The molecule has 1 aromatic heterocycles. The molecule has 0 atom stereocenters. The summed E-state index contributed by atoms with van der Waals surface area (Å²) in [7, 11) is -3.36. The van der Waals surface area contributed by atoms with Crippen molar-refractivity contribution < 1.29 is 26.4 Å². The Morgan fingerprint density at radius 3 is 2.50 bits per heavy atom. The highest BCUT2D eigenvalue weighted by Crippen LogP contribution is 2.31. The van der Waals surface area contributed by atoms with Gasteiger partial charge in [-0.05, 0) is 48.7 Å². The zero-order chi connectivity index (χ0) is 19.1. The van der Waals surface area contributed by atoms with Gasteiger partial charge in [0.2, 0.25) is 0 Å². The van der Waals surface area contributed by atoms with Crippen LogP contribution in [-0.2, 0) is 22.4 Å². The van der Waals surface area contributed by atoms with Crippen LogP contribution in [0.2, 0.25) is 0 Å². The van der Waals surface area contributed by atoms with Crippen molar-refractivity contribution in [3.8, 4) is 0 Å². The van der Waals surface area contributed by atoms with Crippen molar-refractivity contribution in [1.29, 1.82) is 0 Å². The lowest BCUT2D eigenvalue weighted by molar-refractivity contribution is -0.141. The molecule has 0 bridgehead atoms. The van der Waals surface area contributed by atoms with Crippen LogP contribution >= 0.6 is 0 Å². The minimum absolute atomic E-state index is 0.0399. The van der Waals surface area contributed by atoms with Crippen LogP contribution in [0.1, 0.15) is 28.0 Å². The lowest BCUT2D eigenvalue weighted by Gasteiger charge is -2.30. The molecule has 0 fully saturated rings. The first-order valence-corrected chi connectivity index (χ1v) is 9.64. The van der Waals surface area contributed by atoms with E-state index in [4.69, 9.17) is 0 Å². The molecule has 0 N–H and O–H groups in total. The molecule has 9 heteroatoms. The van der Waals surface area contributed by atoms with Crippen molar-refractivity contribution in [2.45, 2.75) is 23.9 Å². The molecule has 1 amide bonds. The van der Waals surface area contributed by atoms with Gasteiger partial charge in [0.05, 0.1) is 10.5 Å². The minimum atomic E-state index is -4.57. The number of carbonyl (C=O) groups is 1. The van der Waals surface area contributed by atoms with E-state index in [1.54, 1.807) is 6.07 Å². The van der Waals surface area contributed by atoms with Crippen molar-refractivity contribution in [2.24, 2.45) is 0 Å². The SMILES string of the molecule is CS(=O)(=O)c1ccc2c(c1)CCCN2C(=O)c1ccc(C(F)(F)F)nc1. The quantitative estimate of drug-likeness (QED) is 0.798. The van der Waals surface area contributed by atoms with Crippen LogP contribution in [0.25, 0.3) is 0 Å². The molecule has 1 aliphatic heterocycles. The van der Waals surface area contributed by atoms with E-state index < -0.39 is 27.6 Å². The number of hydrogen-bond donors (Lipinski definition) is 0. The van der Waals surface area contributed by atoms with Crippen LogP contribution in [0, 0.1) is 0 Å². The highest BCUT2D eigenvalue weighted by molar-refractivity contribution is 7.90. The van der Waals surface area contributed by atoms with Gasteiger partial charge in [0, 0.05) is 24.7 Å². The fourth-order valence-electron chi connectivity index (χ4n) is 2.86. The number of sulfone groups is 1. The lowest BCUT2D eigenvalue weighted by atomic mass is 10.0. The summed E-state index contributed by atoms with van der Waals surface area (Å²) in [5, 5.41) is 0. The zero-order valence-electron chi connectivity index (χ0n) is 13.7. The molecule has 2 heterocycles. The number of alkyl halides is 3. The van der Waals surface area contributed by atoms with Gasteiger partial charge in [0.15, 0.2) is 9.84 Å². The number of amides is 1. The van der Waals surface area contributed by atoms with Gasteiger partial charge < -0.3 is 4.90 Å². The first kappa shape index (κ1) is 18.4. The van der Waals surface area contributed by atoms with Crippen molar-refractivity contribution in [3.05, 3.63) is 53.3 Å². The molecule has 0 radical (unpaired) electrons.